The van der Waals surface area contributed by atoms with E-state index in [0.29, 0.717) is 0 Å². The fourth-order valence-electron chi connectivity index (χ4n) is 2.72. The summed E-state index contributed by atoms with van der Waals surface area (Å²) in [6.07, 6.45) is 1.62. The van der Waals surface area contributed by atoms with Gasteiger partial charge in [-0.05, 0) is 12.5 Å². The fourth-order valence-corrected chi connectivity index (χ4v) is 6.43. The molecule has 1 aliphatic heterocycles. The van der Waals surface area contributed by atoms with Crippen LogP contribution >= 0.6 is 0 Å². The van der Waals surface area contributed by atoms with Gasteiger partial charge in [-0.2, -0.15) is 0 Å². The second-order valence-electron chi connectivity index (χ2n) is 4.05. The van der Waals surface area contributed by atoms with E-state index < -0.39 is 13.7 Å². The van der Waals surface area contributed by atoms with E-state index in [9.17, 15) is 5.11 Å². The first-order valence-electron chi connectivity index (χ1n) is 5.45. The van der Waals surface area contributed by atoms with Crippen LogP contribution in [0, 0.1) is 0 Å². The van der Waals surface area contributed by atoms with Gasteiger partial charge in [0.05, 0.1) is 6.23 Å². The average molecular weight is 250 g/mol. The molecule has 0 aromatic carbocycles. The Bertz CT molecular complexity index is 215. The smallest absolute Gasteiger partial charge is 0.285 e. The third-order valence-corrected chi connectivity index (χ3v) is 8.10. The Morgan fingerprint density at radius 2 is 1.88 bits per heavy atom. The van der Waals surface area contributed by atoms with E-state index in [4.69, 9.17) is 18.6 Å². The van der Waals surface area contributed by atoms with Gasteiger partial charge in [-0.3, -0.25) is 0 Å². The zero-order valence-electron chi connectivity index (χ0n) is 10.5. The minimum Gasteiger partial charge on any atom is -0.412 e. The summed E-state index contributed by atoms with van der Waals surface area (Å²) >= 11 is 0. The molecule has 1 aliphatic rings. The third-order valence-electron chi connectivity index (χ3n) is 3.64. The van der Waals surface area contributed by atoms with E-state index in [0.717, 1.165) is 18.9 Å². The Kier molecular flexibility index (Phi) is 4.90. The number of ether oxygens (including phenoxy) is 3. The monoisotopic (exact) mass is 250 g/mol. The van der Waals surface area contributed by atoms with Crippen LogP contribution in [0.4, 0.5) is 0 Å². The van der Waals surface area contributed by atoms with Gasteiger partial charge in [-0.1, -0.05) is 6.42 Å². The van der Waals surface area contributed by atoms with Gasteiger partial charge in [0.1, 0.15) is 6.10 Å². The Morgan fingerprint density at radius 3 is 2.25 bits per heavy atom. The molecule has 1 fully saturated rings. The Morgan fingerprint density at radius 1 is 1.25 bits per heavy atom. The first-order valence-corrected chi connectivity index (χ1v) is 7.77. The predicted octanol–water partition coefficient (Wildman–Crippen LogP) is 0.447. The molecule has 0 bridgehead atoms. The molecule has 0 aliphatic carbocycles. The lowest BCUT2D eigenvalue weighted by atomic mass is 10.2. The van der Waals surface area contributed by atoms with Crippen molar-refractivity contribution in [1.29, 1.82) is 0 Å². The molecule has 0 aromatic rings. The SMILES string of the molecule is COC1CCC[Si](CO)(OC)C1(OC)OC. The molecule has 1 rings (SSSR count). The number of aliphatic hydroxyl groups excluding tert-OH is 1. The molecule has 0 amide bonds. The maximum atomic E-state index is 9.67. The average Bonchev–Trinajstić information content (AvgIpc) is 2.37. The summed E-state index contributed by atoms with van der Waals surface area (Å²) in [5, 5.41) is 9.67. The summed E-state index contributed by atoms with van der Waals surface area (Å²) in [6.45, 7) is 0. The molecule has 96 valence electrons. The van der Waals surface area contributed by atoms with Gasteiger partial charge < -0.3 is 23.7 Å². The number of rotatable bonds is 5. The lowest BCUT2D eigenvalue weighted by molar-refractivity contribution is -0.231. The van der Waals surface area contributed by atoms with Gasteiger partial charge in [0.2, 0.25) is 5.41 Å². The lowest BCUT2D eigenvalue weighted by Gasteiger charge is -2.50. The standard InChI is InChI=1S/C10H22O5Si/c1-12-9-6-5-7-16(8-11,15-4)10(9,13-2)14-3/h9,11H,5-8H2,1-4H3. The molecule has 0 spiro atoms. The van der Waals surface area contributed by atoms with Crippen molar-refractivity contribution in [3.8, 4) is 0 Å². The normalized spacial score (nSPS) is 33.9. The molecule has 0 radical (unpaired) electrons. The zero-order valence-corrected chi connectivity index (χ0v) is 11.5. The van der Waals surface area contributed by atoms with E-state index in [1.165, 1.54) is 0 Å². The summed E-state index contributed by atoms with van der Waals surface area (Å²) in [6, 6.07) is 0.821. The summed E-state index contributed by atoms with van der Waals surface area (Å²) < 4.78 is 22.2. The Labute approximate surface area is 97.8 Å². The highest BCUT2D eigenvalue weighted by Gasteiger charge is 2.63. The van der Waals surface area contributed by atoms with Gasteiger partial charge >= 0.3 is 0 Å². The molecular weight excluding hydrogens is 228 g/mol. The van der Waals surface area contributed by atoms with Crippen molar-refractivity contribution in [2.45, 2.75) is 30.4 Å². The maximum absolute atomic E-state index is 9.67. The molecule has 2 unspecified atom stereocenters. The van der Waals surface area contributed by atoms with Gasteiger partial charge in [0.25, 0.3) is 8.32 Å². The molecule has 1 N–H and O–H groups in total. The van der Waals surface area contributed by atoms with Crippen LogP contribution in [0.1, 0.15) is 12.8 Å². The molecule has 16 heavy (non-hydrogen) atoms. The lowest BCUT2D eigenvalue weighted by Crippen LogP contribution is -2.72. The van der Waals surface area contributed by atoms with Crippen LogP contribution in [-0.4, -0.2) is 59.6 Å². The van der Waals surface area contributed by atoms with Crippen LogP contribution < -0.4 is 0 Å². The van der Waals surface area contributed by atoms with Crippen LogP contribution in [0.2, 0.25) is 6.04 Å². The number of methoxy groups -OCH3 is 3. The summed E-state index contributed by atoms with van der Waals surface area (Å²) in [4.78, 5) is 0. The maximum Gasteiger partial charge on any atom is 0.285 e. The first-order chi connectivity index (χ1) is 7.66. The van der Waals surface area contributed by atoms with Crippen LogP contribution in [0.5, 0.6) is 0 Å². The molecule has 1 saturated heterocycles. The van der Waals surface area contributed by atoms with Crippen LogP contribution in [0.15, 0.2) is 0 Å². The van der Waals surface area contributed by atoms with E-state index in [1.54, 1.807) is 28.4 Å². The second-order valence-corrected chi connectivity index (χ2v) is 7.96. The highest BCUT2D eigenvalue weighted by atomic mass is 28.4. The van der Waals surface area contributed by atoms with Crippen LogP contribution in [0.25, 0.3) is 0 Å². The van der Waals surface area contributed by atoms with Crippen molar-refractivity contribution >= 4 is 8.32 Å². The third kappa shape index (κ3) is 1.83. The molecule has 0 aromatic heterocycles. The van der Waals surface area contributed by atoms with Gasteiger partial charge in [0.15, 0.2) is 0 Å². The van der Waals surface area contributed by atoms with Crippen molar-refractivity contribution < 1.29 is 23.7 Å². The van der Waals surface area contributed by atoms with Gasteiger partial charge in [0, 0.05) is 28.4 Å². The summed E-state index contributed by atoms with van der Waals surface area (Å²) in [5.41, 5.74) is -0.913. The van der Waals surface area contributed by atoms with Crippen molar-refractivity contribution in [2.75, 3.05) is 34.7 Å². The van der Waals surface area contributed by atoms with E-state index in [1.807, 2.05) is 0 Å². The van der Waals surface area contributed by atoms with E-state index >= 15 is 0 Å². The van der Waals surface area contributed by atoms with Gasteiger partial charge in [-0.15, -0.1) is 0 Å². The summed E-state index contributed by atoms with van der Waals surface area (Å²) in [5.74, 6) is 0. The van der Waals surface area contributed by atoms with Gasteiger partial charge in [-0.25, -0.2) is 0 Å². The zero-order chi connectivity index (χ0) is 12.2. The largest absolute Gasteiger partial charge is 0.412 e. The van der Waals surface area contributed by atoms with E-state index in [-0.39, 0.29) is 12.3 Å². The highest BCUT2D eigenvalue weighted by Crippen LogP contribution is 2.41. The summed E-state index contributed by atoms with van der Waals surface area (Å²) in [7, 11) is 3.91. The molecular formula is C10H22O5Si. The van der Waals surface area contributed by atoms with Crippen LogP contribution in [0.3, 0.4) is 0 Å². The quantitative estimate of drug-likeness (QED) is 0.567. The predicted molar refractivity (Wildman–Crippen MR) is 61.4 cm³/mol. The van der Waals surface area contributed by atoms with Crippen LogP contribution in [-0.2, 0) is 18.6 Å². The number of aliphatic hydroxyl groups is 1. The van der Waals surface area contributed by atoms with Crippen molar-refractivity contribution in [3.63, 3.8) is 0 Å². The van der Waals surface area contributed by atoms with Crippen molar-refractivity contribution in [3.05, 3.63) is 0 Å². The molecule has 5 nitrogen and oxygen atoms in total. The Balaban J connectivity index is 3.13. The highest BCUT2D eigenvalue weighted by molar-refractivity contribution is 6.76. The molecule has 2 atom stereocenters. The van der Waals surface area contributed by atoms with Crippen molar-refractivity contribution in [1.82, 2.24) is 0 Å². The molecule has 1 heterocycles. The van der Waals surface area contributed by atoms with Crippen molar-refractivity contribution in [2.24, 2.45) is 0 Å². The number of hydrogen-bond acceptors (Lipinski definition) is 5. The van der Waals surface area contributed by atoms with E-state index in [2.05, 4.69) is 0 Å². The fraction of sp³-hybridized carbons (Fsp3) is 1.00. The topological polar surface area (TPSA) is 57.2 Å². The molecule has 6 heteroatoms. The Hall–Kier alpha value is 0.0169. The molecule has 0 saturated carbocycles. The first kappa shape index (κ1) is 14.1. The minimum absolute atomic E-state index is 0.0228. The number of hydrogen-bond donors (Lipinski definition) is 1. The second kappa shape index (κ2) is 5.57. The minimum atomic E-state index is -2.51.